The number of esters is 1. The molecule has 0 radical (unpaired) electrons. The van der Waals surface area contributed by atoms with E-state index >= 15 is 0 Å². The monoisotopic (exact) mass is 266 g/mol. The Bertz CT molecular complexity index is 460. The zero-order valence-corrected chi connectivity index (χ0v) is 11.7. The first kappa shape index (κ1) is 14.4. The van der Waals surface area contributed by atoms with E-state index in [0.29, 0.717) is 11.6 Å². The minimum absolute atomic E-state index is 0.175. The predicted octanol–water partition coefficient (Wildman–Crippen LogP) is 1.63. The Labute approximate surface area is 113 Å². The van der Waals surface area contributed by atoms with Crippen LogP contribution in [0.1, 0.15) is 18.1 Å². The first-order valence-electron chi connectivity index (χ1n) is 5.73. The molecular formula is C13H18N2O2S. The number of nitrogens with two attached hydrogens (primary N) is 1. The lowest BCUT2D eigenvalue weighted by atomic mass is 10.1. The van der Waals surface area contributed by atoms with Crippen molar-refractivity contribution in [2.45, 2.75) is 13.8 Å². The summed E-state index contributed by atoms with van der Waals surface area (Å²) in [7, 11) is 1.82. The lowest BCUT2D eigenvalue weighted by Gasteiger charge is -2.23. The minimum Gasteiger partial charge on any atom is -0.465 e. The molecule has 1 aromatic carbocycles. The number of aryl methyl sites for hydroxylation is 1. The number of hydrogen-bond acceptors (Lipinski definition) is 4. The molecule has 98 valence electrons. The highest BCUT2D eigenvalue weighted by molar-refractivity contribution is 7.80. The van der Waals surface area contributed by atoms with Crippen molar-refractivity contribution in [1.29, 1.82) is 0 Å². The van der Waals surface area contributed by atoms with E-state index in [4.69, 9.17) is 22.7 Å². The van der Waals surface area contributed by atoms with Crippen LogP contribution in [0.4, 0.5) is 5.69 Å². The van der Waals surface area contributed by atoms with Crippen LogP contribution in [0, 0.1) is 6.92 Å². The molecule has 0 fully saturated rings. The van der Waals surface area contributed by atoms with Crippen molar-refractivity contribution in [3.05, 3.63) is 29.3 Å². The molecule has 0 bridgehead atoms. The summed E-state index contributed by atoms with van der Waals surface area (Å²) < 4.78 is 4.93. The van der Waals surface area contributed by atoms with Crippen molar-refractivity contribution in [1.82, 2.24) is 0 Å². The number of nitrogens with zero attached hydrogens (tertiary/aromatic N) is 1. The molecule has 0 saturated heterocycles. The molecular weight excluding hydrogens is 248 g/mol. The predicted molar refractivity (Wildman–Crippen MR) is 77.0 cm³/mol. The Kier molecular flexibility index (Phi) is 5.09. The highest BCUT2D eigenvalue weighted by Crippen LogP contribution is 2.24. The fourth-order valence-electron chi connectivity index (χ4n) is 1.84. The number of likely N-dealkylation sites (N-methyl/N-ethyl adjacent to an activating group) is 1. The molecule has 4 nitrogen and oxygen atoms in total. The summed E-state index contributed by atoms with van der Waals surface area (Å²) in [6.07, 6.45) is 0. The maximum absolute atomic E-state index is 11.5. The highest BCUT2D eigenvalue weighted by atomic mass is 32.1. The third kappa shape index (κ3) is 3.43. The molecule has 18 heavy (non-hydrogen) atoms. The molecule has 0 atom stereocenters. The number of benzene rings is 1. The smallest absolute Gasteiger partial charge is 0.325 e. The summed E-state index contributed by atoms with van der Waals surface area (Å²) >= 11 is 5.03. The van der Waals surface area contributed by atoms with Crippen LogP contribution in [0.5, 0.6) is 0 Å². The Morgan fingerprint density at radius 1 is 1.50 bits per heavy atom. The average molecular weight is 266 g/mol. The van der Waals surface area contributed by atoms with Gasteiger partial charge in [0.05, 0.1) is 12.3 Å². The maximum atomic E-state index is 11.5. The first-order chi connectivity index (χ1) is 8.47. The number of anilines is 1. The van der Waals surface area contributed by atoms with Gasteiger partial charge in [-0.25, -0.2) is 0 Å². The van der Waals surface area contributed by atoms with Crippen LogP contribution in [0.25, 0.3) is 0 Å². The lowest BCUT2D eigenvalue weighted by molar-refractivity contribution is -0.141. The summed E-state index contributed by atoms with van der Waals surface area (Å²) in [6, 6.07) is 5.70. The second-order valence-corrected chi connectivity index (χ2v) is 4.44. The number of rotatable bonds is 5. The maximum Gasteiger partial charge on any atom is 0.325 e. The normalized spacial score (nSPS) is 9.94. The van der Waals surface area contributed by atoms with Crippen LogP contribution in [0.2, 0.25) is 0 Å². The van der Waals surface area contributed by atoms with Gasteiger partial charge in [-0.1, -0.05) is 24.4 Å². The summed E-state index contributed by atoms with van der Waals surface area (Å²) in [5, 5.41) is 0. The zero-order valence-electron chi connectivity index (χ0n) is 10.9. The van der Waals surface area contributed by atoms with E-state index in [9.17, 15) is 4.79 Å². The second kappa shape index (κ2) is 6.35. The Balaban J connectivity index is 3.00. The zero-order chi connectivity index (χ0) is 13.7. The van der Waals surface area contributed by atoms with Crippen LogP contribution in [0.15, 0.2) is 18.2 Å². The van der Waals surface area contributed by atoms with Gasteiger partial charge in [0.25, 0.3) is 0 Å². The minimum atomic E-state index is -0.267. The number of para-hydroxylation sites is 1. The van der Waals surface area contributed by atoms with Gasteiger partial charge in [0, 0.05) is 12.6 Å². The topological polar surface area (TPSA) is 55.6 Å². The highest BCUT2D eigenvalue weighted by Gasteiger charge is 2.15. The van der Waals surface area contributed by atoms with Crippen molar-refractivity contribution in [3.63, 3.8) is 0 Å². The van der Waals surface area contributed by atoms with E-state index in [1.807, 2.05) is 37.1 Å². The molecule has 5 heteroatoms. The molecule has 1 aromatic rings. The Morgan fingerprint density at radius 3 is 2.72 bits per heavy atom. The standard InChI is InChI=1S/C13H18N2O2S/c1-4-17-11(16)8-15(3)12-9(2)6-5-7-10(12)13(14)18/h5-7H,4,8H2,1-3H3,(H2,14,18). The summed E-state index contributed by atoms with van der Waals surface area (Å²) in [4.78, 5) is 13.6. The molecule has 1 rings (SSSR count). The van der Waals surface area contributed by atoms with Gasteiger partial charge >= 0.3 is 5.97 Å². The van der Waals surface area contributed by atoms with Crippen molar-refractivity contribution >= 4 is 28.9 Å². The molecule has 0 saturated carbocycles. The van der Waals surface area contributed by atoms with Crippen molar-refractivity contribution in [3.8, 4) is 0 Å². The van der Waals surface area contributed by atoms with E-state index in [1.54, 1.807) is 6.92 Å². The van der Waals surface area contributed by atoms with Gasteiger partial charge in [0.15, 0.2) is 0 Å². The third-order valence-electron chi connectivity index (χ3n) is 2.56. The summed E-state index contributed by atoms with van der Waals surface area (Å²) in [5.74, 6) is -0.267. The van der Waals surface area contributed by atoms with Crippen LogP contribution in [-0.4, -0.2) is 31.2 Å². The van der Waals surface area contributed by atoms with E-state index in [-0.39, 0.29) is 12.5 Å². The fourth-order valence-corrected chi connectivity index (χ4v) is 2.01. The van der Waals surface area contributed by atoms with E-state index in [2.05, 4.69) is 0 Å². The van der Waals surface area contributed by atoms with Gasteiger partial charge in [-0.15, -0.1) is 0 Å². The molecule has 2 N–H and O–H groups in total. The first-order valence-corrected chi connectivity index (χ1v) is 6.14. The van der Waals surface area contributed by atoms with Crippen LogP contribution in [0.3, 0.4) is 0 Å². The quantitative estimate of drug-likeness (QED) is 0.648. The van der Waals surface area contributed by atoms with Gasteiger partial charge in [-0.3, -0.25) is 4.79 Å². The van der Waals surface area contributed by atoms with Gasteiger partial charge in [-0.2, -0.15) is 0 Å². The molecule has 0 aliphatic rings. The van der Waals surface area contributed by atoms with Gasteiger partial charge < -0.3 is 15.4 Å². The number of hydrogen-bond donors (Lipinski definition) is 1. The molecule has 0 aliphatic carbocycles. The van der Waals surface area contributed by atoms with Crippen LogP contribution in [-0.2, 0) is 9.53 Å². The SMILES string of the molecule is CCOC(=O)CN(C)c1c(C)cccc1C(N)=S. The Morgan fingerprint density at radius 2 is 2.17 bits per heavy atom. The van der Waals surface area contributed by atoms with Crippen LogP contribution >= 0.6 is 12.2 Å². The number of ether oxygens (including phenoxy) is 1. The lowest BCUT2D eigenvalue weighted by Crippen LogP contribution is -2.29. The molecule has 0 amide bonds. The van der Waals surface area contributed by atoms with Gasteiger partial charge in [0.2, 0.25) is 0 Å². The molecule has 0 unspecified atom stereocenters. The summed E-state index contributed by atoms with van der Waals surface area (Å²) in [5.41, 5.74) is 8.37. The second-order valence-electron chi connectivity index (χ2n) is 4.00. The molecule has 0 aromatic heterocycles. The number of carbonyl (C=O) groups is 1. The third-order valence-corrected chi connectivity index (χ3v) is 2.78. The van der Waals surface area contributed by atoms with E-state index in [0.717, 1.165) is 16.8 Å². The fraction of sp³-hybridized carbons (Fsp3) is 0.385. The molecule has 0 aliphatic heterocycles. The summed E-state index contributed by atoms with van der Waals surface area (Å²) in [6.45, 7) is 4.29. The number of thiocarbonyl (C=S) groups is 1. The largest absolute Gasteiger partial charge is 0.465 e. The van der Waals surface area contributed by atoms with Crippen molar-refractivity contribution < 1.29 is 9.53 Å². The van der Waals surface area contributed by atoms with Gasteiger partial charge in [-0.05, 0) is 25.5 Å². The van der Waals surface area contributed by atoms with E-state index in [1.165, 1.54) is 0 Å². The van der Waals surface area contributed by atoms with Crippen molar-refractivity contribution in [2.75, 3.05) is 25.1 Å². The Hall–Kier alpha value is -1.62. The van der Waals surface area contributed by atoms with Crippen LogP contribution < -0.4 is 10.6 Å². The van der Waals surface area contributed by atoms with Gasteiger partial charge in [0.1, 0.15) is 11.5 Å². The van der Waals surface area contributed by atoms with Crippen molar-refractivity contribution in [2.24, 2.45) is 5.73 Å². The molecule has 0 heterocycles. The average Bonchev–Trinajstić information content (AvgIpc) is 2.28. The number of carbonyl (C=O) groups excluding carboxylic acids is 1. The van der Waals surface area contributed by atoms with E-state index < -0.39 is 0 Å². The molecule has 0 spiro atoms.